The third-order valence-corrected chi connectivity index (χ3v) is 6.54. The van der Waals surface area contributed by atoms with Crippen LogP contribution in [0.15, 0.2) is 24.3 Å². The van der Waals surface area contributed by atoms with E-state index in [-0.39, 0.29) is 10.8 Å². The molecule has 2 aliphatic carbocycles. The molecular formula is C13H18O2S. The van der Waals surface area contributed by atoms with Gasteiger partial charge in [-0.2, -0.15) is 0 Å². The van der Waals surface area contributed by atoms with Crippen molar-refractivity contribution in [2.24, 2.45) is 10.8 Å². The highest BCUT2D eigenvalue weighted by molar-refractivity contribution is 7.91. The van der Waals surface area contributed by atoms with Crippen molar-refractivity contribution in [2.75, 3.05) is 11.5 Å². The number of hydrogen-bond donors (Lipinski definition) is 0. The molecule has 0 aromatic rings. The summed E-state index contributed by atoms with van der Waals surface area (Å²) >= 11 is 0. The lowest BCUT2D eigenvalue weighted by Crippen LogP contribution is -2.38. The van der Waals surface area contributed by atoms with Crippen molar-refractivity contribution >= 4 is 9.84 Å². The van der Waals surface area contributed by atoms with E-state index in [0.717, 1.165) is 12.8 Å². The molecule has 0 aromatic heterocycles. The third kappa shape index (κ3) is 1.33. The van der Waals surface area contributed by atoms with Gasteiger partial charge < -0.3 is 0 Å². The summed E-state index contributed by atoms with van der Waals surface area (Å²) in [5.74, 6) is 0.752. The molecule has 3 aliphatic rings. The second kappa shape index (κ2) is 3.22. The van der Waals surface area contributed by atoms with Crippen molar-refractivity contribution < 1.29 is 8.42 Å². The molecule has 88 valence electrons. The fraction of sp³-hybridized carbons (Fsp3) is 0.692. The van der Waals surface area contributed by atoms with Crippen molar-refractivity contribution in [1.29, 1.82) is 0 Å². The molecule has 1 saturated heterocycles. The Hall–Kier alpha value is -0.570. The van der Waals surface area contributed by atoms with E-state index in [1.807, 2.05) is 12.2 Å². The summed E-state index contributed by atoms with van der Waals surface area (Å²) in [6.07, 6.45) is 14.2. The Kier molecular flexibility index (Phi) is 2.13. The van der Waals surface area contributed by atoms with E-state index in [4.69, 9.17) is 0 Å². The summed E-state index contributed by atoms with van der Waals surface area (Å²) in [6.45, 7) is 0. The first-order chi connectivity index (χ1) is 7.58. The maximum Gasteiger partial charge on any atom is 0.152 e. The zero-order valence-corrected chi connectivity index (χ0v) is 10.3. The average molecular weight is 238 g/mol. The lowest BCUT2D eigenvalue weighted by atomic mass is 9.61. The second-order valence-corrected chi connectivity index (χ2v) is 7.69. The fourth-order valence-electron chi connectivity index (χ4n) is 3.90. The first-order valence-electron chi connectivity index (χ1n) is 6.15. The number of allylic oxidation sites excluding steroid dienone is 4. The summed E-state index contributed by atoms with van der Waals surface area (Å²) in [5, 5.41) is 0. The van der Waals surface area contributed by atoms with Crippen LogP contribution in [-0.4, -0.2) is 19.9 Å². The van der Waals surface area contributed by atoms with Gasteiger partial charge >= 0.3 is 0 Å². The van der Waals surface area contributed by atoms with E-state index in [2.05, 4.69) is 12.2 Å². The minimum absolute atomic E-state index is 0.0723. The van der Waals surface area contributed by atoms with Crippen LogP contribution in [0, 0.1) is 10.8 Å². The Morgan fingerprint density at radius 1 is 0.812 bits per heavy atom. The lowest BCUT2D eigenvalue weighted by Gasteiger charge is -2.41. The highest BCUT2D eigenvalue weighted by atomic mass is 32.2. The normalized spacial score (nSPS) is 44.8. The number of hydrogen-bond acceptors (Lipinski definition) is 2. The largest absolute Gasteiger partial charge is 0.229 e. The van der Waals surface area contributed by atoms with Gasteiger partial charge in [0.05, 0.1) is 11.5 Å². The van der Waals surface area contributed by atoms with Crippen LogP contribution in [0.5, 0.6) is 0 Å². The van der Waals surface area contributed by atoms with Gasteiger partial charge in [-0.1, -0.05) is 43.6 Å². The molecule has 3 heteroatoms. The van der Waals surface area contributed by atoms with Crippen molar-refractivity contribution in [2.45, 2.75) is 32.1 Å². The van der Waals surface area contributed by atoms with Gasteiger partial charge in [-0.3, -0.25) is 0 Å². The molecule has 0 bridgehead atoms. The quantitative estimate of drug-likeness (QED) is 0.649. The molecule has 1 saturated carbocycles. The number of rotatable bonds is 0. The van der Waals surface area contributed by atoms with E-state index >= 15 is 0 Å². The Labute approximate surface area is 97.3 Å². The minimum Gasteiger partial charge on any atom is -0.229 e. The van der Waals surface area contributed by atoms with Gasteiger partial charge in [0.1, 0.15) is 0 Å². The second-order valence-electron chi connectivity index (χ2n) is 5.62. The Morgan fingerprint density at radius 3 is 1.81 bits per heavy atom. The molecule has 1 aliphatic heterocycles. The van der Waals surface area contributed by atoms with E-state index in [9.17, 15) is 8.42 Å². The molecule has 0 radical (unpaired) electrons. The van der Waals surface area contributed by atoms with Gasteiger partial charge in [-0.15, -0.1) is 0 Å². The van der Waals surface area contributed by atoms with E-state index in [0.29, 0.717) is 11.5 Å². The van der Waals surface area contributed by atoms with Gasteiger partial charge in [0.25, 0.3) is 0 Å². The van der Waals surface area contributed by atoms with Gasteiger partial charge in [0.2, 0.25) is 0 Å². The maximum atomic E-state index is 12.0. The molecule has 16 heavy (non-hydrogen) atoms. The van der Waals surface area contributed by atoms with E-state index in [1.165, 1.54) is 19.3 Å². The summed E-state index contributed by atoms with van der Waals surface area (Å²) in [7, 11) is -2.85. The maximum absolute atomic E-state index is 12.0. The molecule has 2 fully saturated rings. The van der Waals surface area contributed by atoms with Gasteiger partial charge in [0.15, 0.2) is 9.84 Å². The van der Waals surface area contributed by atoms with E-state index < -0.39 is 9.84 Å². The average Bonchev–Trinajstić information content (AvgIpc) is 2.33. The minimum atomic E-state index is -2.85. The molecule has 2 atom stereocenters. The molecular weight excluding hydrogens is 220 g/mol. The first-order valence-corrected chi connectivity index (χ1v) is 7.97. The highest BCUT2D eigenvalue weighted by Gasteiger charge is 2.58. The van der Waals surface area contributed by atoms with Crippen molar-refractivity contribution in [3.63, 3.8) is 0 Å². The molecule has 0 unspecified atom stereocenters. The molecule has 2 nitrogen and oxygen atoms in total. The van der Waals surface area contributed by atoms with Gasteiger partial charge in [-0.05, 0) is 12.8 Å². The van der Waals surface area contributed by atoms with Crippen LogP contribution < -0.4 is 0 Å². The monoisotopic (exact) mass is 238 g/mol. The van der Waals surface area contributed by atoms with Crippen LogP contribution >= 0.6 is 0 Å². The Balaban J connectivity index is 2.15. The number of sulfone groups is 1. The SMILES string of the molecule is O=S1(=O)C[C@]23C=CC=C[C@@]2(CCCCC3)C1. The third-order valence-electron chi connectivity index (χ3n) is 4.63. The molecule has 1 heterocycles. The van der Waals surface area contributed by atoms with Crippen LogP contribution in [-0.2, 0) is 9.84 Å². The zero-order valence-electron chi connectivity index (χ0n) is 9.48. The summed E-state index contributed by atoms with van der Waals surface area (Å²) in [5.41, 5.74) is -0.145. The van der Waals surface area contributed by atoms with Crippen molar-refractivity contribution in [3.8, 4) is 0 Å². The molecule has 0 spiro atoms. The molecule has 3 rings (SSSR count). The predicted octanol–water partition coefficient (Wildman–Crippen LogP) is 2.48. The standard InChI is InChI=1S/C13H18O2S/c14-16(15)10-12-6-2-1-3-7-13(12,11-16)9-5-4-8-12/h4-5,8-9H,1-3,6-7,10-11H2/t12-,13-/m0/s1. The van der Waals surface area contributed by atoms with Crippen LogP contribution in [0.4, 0.5) is 0 Å². The first kappa shape index (κ1) is 10.6. The Bertz CT molecular complexity index is 424. The summed E-state index contributed by atoms with van der Waals surface area (Å²) in [6, 6.07) is 0. The fourth-order valence-corrected chi connectivity index (χ4v) is 6.63. The molecule has 0 N–H and O–H groups in total. The van der Waals surface area contributed by atoms with E-state index in [1.54, 1.807) is 0 Å². The predicted molar refractivity (Wildman–Crippen MR) is 64.9 cm³/mol. The molecule has 0 amide bonds. The lowest BCUT2D eigenvalue weighted by molar-refractivity contribution is 0.191. The van der Waals surface area contributed by atoms with Crippen LogP contribution in [0.1, 0.15) is 32.1 Å². The van der Waals surface area contributed by atoms with Gasteiger partial charge in [-0.25, -0.2) is 8.42 Å². The summed E-state index contributed by atoms with van der Waals surface area (Å²) < 4.78 is 24.0. The Morgan fingerprint density at radius 2 is 1.31 bits per heavy atom. The van der Waals surface area contributed by atoms with Crippen molar-refractivity contribution in [3.05, 3.63) is 24.3 Å². The highest BCUT2D eigenvalue weighted by Crippen LogP contribution is 2.58. The van der Waals surface area contributed by atoms with Gasteiger partial charge in [0, 0.05) is 10.8 Å². The van der Waals surface area contributed by atoms with Crippen LogP contribution in [0.25, 0.3) is 0 Å². The molecule has 0 aromatic carbocycles. The van der Waals surface area contributed by atoms with Crippen molar-refractivity contribution in [1.82, 2.24) is 0 Å². The smallest absolute Gasteiger partial charge is 0.152 e. The topological polar surface area (TPSA) is 34.1 Å². The zero-order chi connectivity index (χ0) is 11.3. The van der Waals surface area contributed by atoms with Crippen LogP contribution in [0.2, 0.25) is 0 Å². The summed E-state index contributed by atoms with van der Waals surface area (Å²) in [4.78, 5) is 0. The van der Waals surface area contributed by atoms with Crippen LogP contribution in [0.3, 0.4) is 0 Å².